The zero-order valence-corrected chi connectivity index (χ0v) is 17.1. The van der Waals surface area contributed by atoms with Crippen molar-refractivity contribution in [3.05, 3.63) is 59.2 Å². The van der Waals surface area contributed by atoms with E-state index in [1.165, 1.54) is 38.5 Å². The number of halogens is 4. The van der Waals surface area contributed by atoms with E-state index in [9.17, 15) is 22.4 Å². The van der Waals surface area contributed by atoms with E-state index in [4.69, 9.17) is 9.47 Å². The van der Waals surface area contributed by atoms with Gasteiger partial charge in [0.05, 0.1) is 26.5 Å². The van der Waals surface area contributed by atoms with Crippen molar-refractivity contribution in [2.75, 3.05) is 20.8 Å². The number of rotatable bonds is 10. The summed E-state index contributed by atoms with van der Waals surface area (Å²) < 4.78 is 65.3. The molecule has 1 amide bonds. The zero-order valence-electron chi connectivity index (χ0n) is 17.1. The summed E-state index contributed by atoms with van der Waals surface area (Å²) in [4.78, 5) is 12.4. The maximum atomic E-state index is 12.9. The third kappa shape index (κ3) is 6.68. The van der Waals surface area contributed by atoms with E-state index in [-0.39, 0.29) is 12.2 Å². The van der Waals surface area contributed by atoms with Crippen molar-refractivity contribution in [2.24, 2.45) is 5.10 Å². The summed E-state index contributed by atoms with van der Waals surface area (Å²) in [6, 6.07) is 11.1. The number of nitrogens with one attached hydrogen (secondary N) is 1. The quantitative estimate of drug-likeness (QED) is 0.339. The molecule has 2 rings (SSSR count). The second kappa shape index (κ2) is 10.8. The molecule has 0 aliphatic heterocycles. The molecule has 2 aromatic carbocycles. The fourth-order valence-electron chi connectivity index (χ4n) is 2.53. The molecule has 1 N–H and O–H groups in total. The Kier molecular flexibility index (Phi) is 8.38. The second-order valence-corrected chi connectivity index (χ2v) is 6.46. The van der Waals surface area contributed by atoms with Crippen LogP contribution in [0.5, 0.6) is 11.5 Å². The number of amides is 1. The lowest BCUT2D eigenvalue weighted by Gasteiger charge is -2.15. The van der Waals surface area contributed by atoms with Gasteiger partial charge in [0.1, 0.15) is 18.1 Å². The number of benzene rings is 2. The molecule has 0 unspecified atom stereocenters. The fourth-order valence-corrected chi connectivity index (χ4v) is 2.53. The Bertz CT molecular complexity index is 935. The van der Waals surface area contributed by atoms with Crippen LogP contribution >= 0.6 is 0 Å². The van der Waals surface area contributed by atoms with Crippen LogP contribution in [0.15, 0.2) is 47.6 Å². The summed E-state index contributed by atoms with van der Waals surface area (Å²) in [6.07, 6.45) is -3.81. The number of carbonyl (C=O) groups excluding carboxylic acids is 1. The van der Waals surface area contributed by atoms with E-state index in [1.807, 2.05) is 0 Å². The summed E-state index contributed by atoms with van der Waals surface area (Å²) in [5, 5.41) is 4.07. The van der Waals surface area contributed by atoms with Gasteiger partial charge in [-0.2, -0.15) is 13.9 Å². The molecule has 0 radical (unpaired) electrons. The normalized spacial score (nSPS) is 12.1. The van der Waals surface area contributed by atoms with Gasteiger partial charge in [0.25, 0.3) is 5.91 Å². The number of hydrogen-bond acceptors (Lipinski definition) is 5. The lowest BCUT2D eigenvalue weighted by atomic mass is 10.1. The van der Waals surface area contributed by atoms with Gasteiger partial charge in [-0.25, -0.2) is 14.2 Å². The van der Waals surface area contributed by atoms with Crippen LogP contribution in [0.4, 0.5) is 17.6 Å². The first-order valence-corrected chi connectivity index (χ1v) is 9.07. The summed E-state index contributed by atoms with van der Waals surface area (Å²) >= 11 is 0. The van der Waals surface area contributed by atoms with Crippen molar-refractivity contribution in [3.8, 4) is 11.5 Å². The Balaban J connectivity index is 2.05. The van der Waals surface area contributed by atoms with Crippen LogP contribution in [0.3, 0.4) is 0 Å². The molecule has 0 heterocycles. The van der Waals surface area contributed by atoms with Crippen LogP contribution in [0.1, 0.15) is 28.4 Å². The van der Waals surface area contributed by atoms with E-state index in [1.54, 1.807) is 25.1 Å². The number of carbonyl (C=O) groups is 1. The molecule has 0 spiro atoms. The zero-order chi connectivity index (χ0) is 23.0. The highest BCUT2D eigenvalue weighted by Gasteiger charge is 2.40. The molecule has 2 aromatic rings. The van der Waals surface area contributed by atoms with Crippen molar-refractivity contribution in [2.45, 2.75) is 25.9 Å². The van der Waals surface area contributed by atoms with E-state index in [0.717, 1.165) is 0 Å². The molecule has 0 bridgehead atoms. The van der Waals surface area contributed by atoms with Crippen LogP contribution in [0.25, 0.3) is 0 Å². The molecule has 31 heavy (non-hydrogen) atoms. The number of hydrazone groups is 1. The molecule has 6 nitrogen and oxygen atoms in total. The van der Waals surface area contributed by atoms with Crippen LogP contribution < -0.4 is 14.9 Å². The molecule has 0 aliphatic carbocycles. The highest BCUT2D eigenvalue weighted by Crippen LogP contribution is 2.25. The molecule has 10 heteroatoms. The smallest absolute Gasteiger partial charge is 0.330 e. The van der Waals surface area contributed by atoms with Crippen molar-refractivity contribution < 1.29 is 36.6 Å². The molecule has 0 aromatic heterocycles. The van der Waals surface area contributed by atoms with Crippen LogP contribution in [-0.4, -0.2) is 44.8 Å². The molecular weight excluding hydrogens is 420 g/mol. The van der Waals surface area contributed by atoms with Gasteiger partial charge < -0.3 is 14.2 Å². The summed E-state index contributed by atoms with van der Waals surface area (Å²) in [7, 11) is 3.02. The first-order valence-electron chi connectivity index (χ1n) is 9.07. The van der Waals surface area contributed by atoms with Gasteiger partial charge in [0.15, 0.2) is 0 Å². The van der Waals surface area contributed by atoms with Crippen LogP contribution in [0.2, 0.25) is 0 Å². The Morgan fingerprint density at radius 2 is 1.87 bits per heavy atom. The van der Waals surface area contributed by atoms with Gasteiger partial charge in [-0.05, 0) is 42.8 Å². The third-order valence-corrected chi connectivity index (χ3v) is 4.19. The van der Waals surface area contributed by atoms with Gasteiger partial charge in [-0.15, -0.1) is 0 Å². The standard InChI is InChI=1S/C21H22F4N2O4/c1-13(17-10-16(29-2)7-8-18(17)30-3)26-27-19(28)15-6-4-5-14(9-15)11-31-12-21(24,25)20(22)23/h4-10,20H,11-12H2,1-3H3,(H,27,28)/b26-13-. The number of ether oxygens (including phenoxy) is 3. The first-order chi connectivity index (χ1) is 14.7. The van der Waals surface area contributed by atoms with Crippen molar-refractivity contribution in [1.82, 2.24) is 5.43 Å². The first kappa shape index (κ1) is 24.1. The average molecular weight is 442 g/mol. The number of hydrogen-bond donors (Lipinski definition) is 1. The lowest BCUT2D eigenvalue weighted by molar-refractivity contribution is -0.168. The van der Waals surface area contributed by atoms with Crippen LogP contribution in [0, 0.1) is 0 Å². The summed E-state index contributed by atoms with van der Waals surface area (Å²) in [5.41, 5.74) is 4.03. The maximum Gasteiger partial charge on any atom is 0.330 e. The number of methoxy groups -OCH3 is 2. The molecule has 0 aliphatic rings. The topological polar surface area (TPSA) is 69.2 Å². The van der Waals surface area contributed by atoms with Gasteiger partial charge >= 0.3 is 12.3 Å². The summed E-state index contributed by atoms with van der Waals surface area (Å²) in [6.45, 7) is -0.106. The minimum Gasteiger partial charge on any atom is -0.497 e. The van der Waals surface area contributed by atoms with Crippen molar-refractivity contribution in [3.63, 3.8) is 0 Å². The highest BCUT2D eigenvalue weighted by molar-refractivity contribution is 6.03. The Morgan fingerprint density at radius 1 is 1.13 bits per heavy atom. The van der Waals surface area contributed by atoms with Crippen molar-refractivity contribution >= 4 is 11.6 Å². The highest BCUT2D eigenvalue weighted by atomic mass is 19.3. The minimum absolute atomic E-state index is 0.191. The molecule has 0 fully saturated rings. The number of alkyl halides is 4. The molecule has 0 atom stereocenters. The van der Waals surface area contributed by atoms with Crippen molar-refractivity contribution in [1.29, 1.82) is 0 Å². The van der Waals surface area contributed by atoms with E-state index in [0.29, 0.717) is 28.3 Å². The lowest BCUT2D eigenvalue weighted by Crippen LogP contribution is -2.32. The van der Waals surface area contributed by atoms with E-state index in [2.05, 4.69) is 15.3 Å². The maximum absolute atomic E-state index is 12.9. The van der Waals surface area contributed by atoms with Gasteiger partial charge in [-0.3, -0.25) is 4.79 Å². The third-order valence-electron chi connectivity index (χ3n) is 4.19. The predicted octanol–water partition coefficient (Wildman–Crippen LogP) is 4.27. The Labute approximate surface area is 176 Å². The molecule has 0 saturated carbocycles. The summed E-state index contributed by atoms with van der Waals surface area (Å²) in [5.74, 6) is -3.67. The minimum atomic E-state index is -4.23. The SMILES string of the molecule is COc1ccc(OC)c(/C(C)=N\NC(=O)c2cccc(COCC(F)(F)C(F)F)c2)c1. The van der Waals surface area contributed by atoms with Gasteiger partial charge in [-0.1, -0.05) is 12.1 Å². The Hall–Kier alpha value is -3.14. The largest absolute Gasteiger partial charge is 0.497 e. The molecular formula is C21H22F4N2O4. The van der Waals surface area contributed by atoms with Gasteiger partial charge in [0, 0.05) is 11.1 Å². The molecule has 168 valence electrons. The number of nitrogens with zero attached hydrogens (tertiary/aromatic N) is 1. The van der Waals surface area contributed by atoms with Crippen LogP contribution in [-0.2, 0) is 11.3 Å². The fraction of sp³-hybridized carbons (Fsp3) is 0.333. The monoisotopic (exact) mass is 442 g/mol. The molecule has 0 saturated heterocycles. The van der Waals surface area contributed by atoms with E-state index < -0.39 is 24.9 Å². The second-order valence-electron chi connectivity index (χ2n) is 6.46. The predicted molar refractivity (Wildman–Crippen MR) is 106 cm³/mol. The Morgan fingerprint density at radius 3 is 2.52 bits per heavy atom. The van der Waals surface area contributed by atoms with E-state index >= 15 is 0 Å². The average Bonchev–Trinajstić information content (AvgIpc) is 2.76. The van der Waals surface area contributed by atoms with Gasteiger partial charge in [0.2, 0.25) is 0 Å².